The predicted molar refractivity (Wildman–Crippen MR) is 121 cm³/mol. The first-order valence-corrected chi connectivity index (χ1v) is 10.4. The fourth-order valence-electron chi connectivity index (χ4n) is 4.14. The summed E-state index contributed by atoms with van der Waals surface area (Å²) in [7, 11) is 1.60. The first kappa shape index (κ1) is 19.5. The van der Waals surface area contributed by atoms with Crippen molar-refractivity contribution >= 4 is 27.7 Å². The molecule has 7 heteroatoms. The first-order valence-electron chi connectivity index (χ1n) is 10.4. The summed E-state index contributed by atoms with van der Waals surface area (Å²) in [6, 6.07) is 15.5. The number of rotatable bonds is 4. The molecule has 3 heterocycles. The molecule has 3 N–H and O–H groups in total. The highest BCUT2D eigenvalue weighted by atomic mass is 16.5. The van der Waals surface area contributed by atoms with Crippen LogP contribution in [0.25, 0.3) is 33.1 Å². The minimum Gasteiger partial charge on any atom is -0.379 e. The van der Waals surface area contributed by atoms with Gasteiger partial charge in [0.15, 0.2) is 0 Å². The Hall–Kier alpha value is -3.42. The zero-order chi connectivity index (χ0) is 21.4. The number of fused-ring (bicyclic) bond motifs is 2. The number of H-pyrrole nitrogens is 2. The van der Waals surface area contributed by atoms with E-state index in [0.717, 1.165) is 54.8 Å². The molecule has 4 aromatic rings. The van der Waals surface area contributed by atoms with Crippen LogP contribution in [-0.4, -0.2) is 54.1 Å². The quantitative estimate of drug-likeness (QED) is 0.477. The van der Waals surface area contributed by atoms with E-state index in [-0.39, 0.29) is 11.5 Å². The van der Waals surface area contributed by atoms with Gasteiger partial charge >= 0.3 is 0 Å². The van der Waals surface area contributed by atoms with Crippen LogP contribution in [0.2, 0.25) is 0 Å². The van der Waals surface area contributed by atoms with Gasteiger partial charge in [0.25, 0.3) is 11.5 Å². The largest absolute Gasteiger partial charge is 0.379 e. The van der Waals surface area contributed by atoms with Crippen LogP contribution in [0.15, 0.2) is 53.3 Å². The lowest BCUT2D eigenvalue weighted by Gasteiger charge is -2.26. The molecule has 0 radical (unpaired) electrons. The number of benzene rings is 2. The third-order valence-electron chi connectivity index (χ3n) is 5.82. The molecule has 7 nitrogen and oxygen atoms in total. The van der Waals surface area contributed by atoms with Gasteiger partial charge in [0.1, 0.15) is 0 Å². The predicted octanol–water partition coefficient (Wildman–Crippen LogP) is 2.87. The number of pyridine rings is 1. The number of hydrogen-bond donors (Lipinski definition) is 3. The summed E-state index contributed by atoms with van der Waals surface area (Å²) in [5.74, 6) is -0.159. The van der Waals surface area contributed by atoms with Crippen LogP contribution < -0.4 is 10.9 Å². The van der Waals surface area contributed by atoms with E-state index in [2.05, 4.69) is 38.4 Å². The summed E-state index contributed by atoms with van der Waals surface area (Å²) in [6.45, 7) is 4.34. The standard InChI is InChI=1S/C24H24N4O3/c1-25-23(29)16-3-5-21-18(11-16)12-19(24(30)27-21)22-13-17-10-15(2-4-20(17)26-22)14-28-6-8-31-9-7-28/h2-5,10-13,26H,6-9,14H2,1H3,(H,25,29)(H,27,30). The van der Waals surface area contributed by atoms with E-state index in [1.807, 2.05) is 12.1 Å². The SMILES string of the molecule is CNC(=O)c1ccc2[nH]c(=O)c(-c3cc4cc(CN5CCOCC5)ccc4[nH]3)cc2c1. The normalized spacial score (nSPS) is 14.9. The average molecular weight is 416 g/mol. The lowest BCUT2D eigenvalue weighted by molar-refractivity contribution is 0.0342. The molecular formula is C24H24N4O3. The lowest BCUT2D eigenvalue weighted by atomic mass is 10.1. The van der Waals surface area contributed by atoms with Crippen molar-refractivity contribution in [2.45, 2.75) is 6.54 Å². The van der Waals surface area contributed by atoms with Gasteiger partial charge in [-0.15, -0.1) is 0 Å². The Labute approximate surface area is 179 Å². The summed E-state index contributed by atoms with van der Waals surface area (Å²) in [5, 5.41) is 4.50. The summed E-state index contributed by atoms with van der Waals surface area (Å²) < 4.78 is 5.43. The average Bonchev–Trinajstić information content (AvgIpc) is 3.21. The number of aromatic nitrogens is 2. The third kappa shape index (κ3) is 3.85. The maximum atomic E-state index is 12.7. The highest BCUT2D eigenvalue weighted by molar-refractivity contribution is 5.98. The second kappa shape index (κ2) is 8.02. The molecular weight excluding hydrogens is 392 g/mol. The lowest BCUT2D eigenvalue weighted by Crippen LogP contribution is -2.35. The summed E-state index contributed by atoms with van der Waals surface area (Å²) in [4.78, 5) is 33.4. The van der Waals surface area contributed by atoms with E-state index in [9.17, 15) is 9.59 Å². The van der Waals surface area contributed by atoms with E-state index in [0.29, 0.717) is 16.6 Å². The van der Waals surface area contributed by atoms with E-state index in [4.69, 9.17) is 4.74 Å². The molecule has 2 aromatic heterocycles. The molecule has 1 fully saturated rings. The molecule has 0 atom stereocenters. The number of carbonyl (C=O) groups is 1. The Balaban J connectivity index is 1.50. The number of nitrogens with zero attached hydrogens (tertiary/aromatic N) is 1. The fourth-order valence-corrected chi connectivity index (χ4v) is 4.14. The summed E-state index contributed by atoms with van der Waals surface area (Å²) in [5.41, 5.74) is 4.62. The van der Waals surface area contributed by atoms with Gasteiger partial charge in [-0.05, 0) is 53.4 Å². The van der Waals surface area contributed by atoms with Gasteiger partial charge in [-0.25, -0.2) is 0 Å². The number of amides is 1. The van der Waals surface area contributed by atoms with Crippen molar-refractivity contribution in [1.29, 1.82) is 0 Å². The number of hydrogen-bond acceptors (Lipinski definition) is 4. The van der Waals surface area contributed by atoms with Crippen LogP contribution in [0.1, 0.15) is 15.9 Å². The van der Waals surface area contributed by atoms with E-state index < -0.39 is 0 Å². The van der Waals surface area contributed by atoms with Crippen LogP contribution in [0.5, 0.6) is 0 Å². The van der Waals surface area contributed by atoms with Crippen LogP contribution in [-0.2, 0) is 11.3 Å². The monoisotopic (exact) mass is 416 g/mol. The zero-order valence-electron chi connectivity index (χ0n) is 17.3. The van der Waals surface area contributed by atoms with Crippen molar-refractivity contribution in [3.63, 3.8) is 0 Å². The number of nitrogens with one attached hydrogen (secondary N) is 3. The molecule has 0 spiro atoms. The minimum absolute atomic E-state index is 0.159. The molecule has 1 aliphatic rings. The van der Waals surface area contributed by atoms with Crippen LogP contribution >= 0.6 is 0 Å². The Kier molecular flexibility index (Phi) is 5.05. The first-order chi connectivity index (χ1) is 15.1. The molecule has 0 aliphatic carbocycles. The molecule has 158 valence electrons. The Morgan fingerprint density at radius 3 is 2.55 bits per heavy atom. The second-order valence-electron chi connectivity index (χ2n) is 7.89. The van der Waals surface area contributed by atoms with Gasteiger partial charge in [-0.2, -0.15) is 0 Å². The van der Waals surface area contributed by atoms with Crippen molar-refractivity contribution in [3.05, 3.63) is 70.0 Å². The molecule has 1 aliphatic heterocycles. The fraction of sp³-hybridized carbons (Fsp3) is 0.250. The van der Waals surface area contributed by atoms with Crippen LogP contribution in [0.4, 0.5) is 0 Å². The second-order valence-corrected chi connectivity index (χ2v) is 7.89. The van der Waals surface area contributed by atoms with Gasteiger partial charge in [0.2, 0.25) is 0 Å². The van der Waals surface area contributed by atoms with Gasteiger partial charge < -0.3 is 20.0 Å². The minimum atomic E-state index is -0.166. The molecule has 5 rings (SSSR count). The maximum Gasteiger partial charge on any atom is 0.257 e. The van der Waals surface area contributed by atoms with E-state index in [1.54, 1.807) is 25.2 Å². The molecule has 0 unspecified atom stereocenters. The van der Waals surface area contributed by atoms with Crippen molar-refractivity contribution < 1.29 is 9.53 Å². The molecule has 31 heavy (non-hydrogen) atoms. The molecule has 0 bridgehead atoms. The zero-order valence-corrected chi connectivity index (χ0v) is 17.3. The Morgan fingerprint density at radius 1 is 1.00 bits per heavy atom. The Morgan fingerprint density at radius 2 is 1.74 bits per heavy atom. The maximum absolute atomic E-state index is 12.7. The number of ether oxygens (including phenoxy) is 1. The number of aromatic amines is 2. The third-order valence-corrected chi connectivity index (χ3v) is 5.82. The summed E-state index contributed by atoms with van der Waals surface area (Å²) >= 11 is 0. The summed E-state index contributed by atoms with van der Waals surface area (Å²) in [6.07, 6.45) is 0. The Bertz CT molecular complexity index is 1330. The van der Waals surface area contributed by atoms with Gasteiger partial charge in [0, 0.05) is 48.7 Å². The van der Waals surface area contributed by atoms with Crippen molar-refractivity contribution in [2.75, 3.05) is 33.4 Å². The number of carbonyl (C=O) groups excluding carboxylic acids is 1. The van der Waals surface area contributed by atoms with Gasteiger partial charge in [-0.1, -0.05) is 6.07 Å². The topological polar surface area (TPSA) is 90.2 Å². The van der Waals surface area contributed by atoms with Gasteiger partial charge in [-0.3, -0.25) is 14.5 Å². The molecule has 0 saturated carbocycles. The number of morpholine rings is 1. The molecule has 1 saturated heterocycles. The van der Waals surface area contributed by atoms with E-state index in [1.165, 1.54) is 5.56 Å². The van der Waals surface area contributed by atoms with Crippen molar-refractivity contribution in [3.8, 4) is 11.3 Å². The van der Waals surface area contributed by atoms with Crippen LogP contribution in [0, 0.1) is 0 Å². The van der Waals surface area contributed by atoms with Crippen molar-refractivity contribution in [1.82, 2.24) is 20.2 Å². The highest BCUT2D eigenvalue weighted by Crippen LogP contribution is 2.25. The highest BCUT2D eigenvalue weighted by Gasteiger charge is 2.13. The molecule has 1 amide bonds. The van der Waals surface area contributed by atoms with Crippen LogP contribution in [0.3, 0.4) is 0 Å². The van der Waals surface area contributed by atoms with Gasteiger partial charge in [0.05, 0.1) is 24.5 Å². The van der Waals surface area contributed by atoms with Crippen molar-refractivity contribution in [2.24, 2.45) is 0 Å². The molecule has 2 aromatic carbocycles. The van der Waals surface area contributed by atoms with E-state index >= 15 is 0 Å². The smallest absolute Gasteiger partial charge is 0.257 e.